The summed E-state index contributed by atoms with van der Waals surface area (Å²) in [7, 11) is 0. The topological polar surface area (TPSA) is 41.5 Å². The molecule has 0 bridgehead atoms. The zero-order valence-electron chi connectivity index (χ0n) is 12.6. The Morgan fingerprint density at radius 2 is 1.61 bits per heavy atom. The molecule has 0 atom stereocenters. The van der Waals surface area contributed by atoms with E-state index in [1.165, 1.54) is 32.1 Å². The number of carbonyl (C=O) groups excluding carboxylic acids is 1. The van der Waals surface area contributed by atoms with Gasteiger partial charge >= 0.3 is 0 Å². The van der Waals surface area contributed by atoms with Crippen molar-refractivity contribution in [2.45, 2.75) is 79.1 Å². The highest BCUT2D eigenvalue weighted by Crippen LogP contribution is 2.08. The minimum atomic E-state index is 0.0450. The zero-order valence-corrected chi connectivity index (χ0v) is 12.6. The summed E-state index contributed by atoms with van der Waals surface area (Å²) < 4.78 is 0. The molecular formula is C15H30N2O. The minimum Gasteiger partial charge on any atom is -0.273 e. The predicted octanol–water partition coefficient (Wildman–Crippen LogP) is 4.28. The average molecular weight is 254 g/mol. The third-order valence-electron chi connectivity index (χ3n) is 3.20. The van der Waals surface area contributed by atoms with Gasteiger partial charge in [-0.1, -0.05) is 59.3 Å². The quantitative estimate of drug-likeness (QED) is 0.353. The fourth-order valence-corrected chi connectivity index (χ4v) is 1.58. The Morgan fingerprint density at radius 3 is 2.17 bits per heavy atom. The van der Waals surface area contributed by atoms with Crippen molar-refractivity contribution in [1.29, 1.82) is 0 Å². The normalized spacial score (nSPS) is 11.9. The van der Waals surface area contributed by atoms with Gasteiger partial charge in [0.25, 0.3) is 0 Å². The van der Waals surface area contributed by atoms with Crippen LogP contribution in [0.15, 0.2) is 5.10 Å². The molecule has 0 radical (unpaired) electrons. The van der Waals surface area contributed by atoms with Crippen LogP contribution in [0, 0.1) is 5.92 Å². The van der Waals surface area contributed by atoms with Crippen LogP contribution >= 0.6 is 0 Å². The predicted molar refractivity (Wildman–Crippen MR) is 78.7 cm³/mol. The average Bonchev–Trinajstić information content (AvgIpc) is 2.34. The van der Waals surface area contributed by atoms with Crippen LogP contribution in [-0.4, -0.2) is 11.6 Å². The Morgan fingerprint density at radius 1 is 1.06 bits per heavy atom. The van der Waals surface area contributed by atoms with Crippen LogP contribution in [0.4, 0.5) is 0 Å². The number of unbranched alkanes of at least 4 members (excludes halogenated alkanes) is 6. The monoisotopic (exact) mass is 254 g/mol. The van der Waals surface area contributed by atoms with E-state index in [2.05, 4.69) is 31.3 Å². The van der Waals surface area contributed by atoms with Gasteiger partial charge in [-0.15, -0.1) is 0 Å². The first-order chi connectivity index (χ1) is 8.57. The molecule has 0 fully saturated rings. The van der Waals surface area contributed by atoms with E-state index in [-0.39, 0.29) is 5.91 Å². The van der Waals surface area contributed by atoms with Crippen molar-refractivity contribution >= 4 is 11.6 Å². The van der Waals surface area contributed by atoms with E-state index in [0.29, 0.717) is 12.3 Å². The van der Waals surface area contributed by atoms with Crippen LogP contribution in [0.3, 0.4) is 0 Å². The van der Waals surface area contributed by atoms with Crippen LogP contribution in [0.5, 0.6) is 0 Å². The lowest BCUT2D eigenvalue weighted by Crippen LogP contribution is -2.19. The number of nitrogens with zero attached hydrogens (tertiary/aromatic N) is 1. The number of hydrogen-bond donors (Lipinski definition) is 1. The lowest BCUT2D eigenvalue weighted by Gasteiger charge is -2.05. The molecule has 0 aromatic carbocycles. The van der Waals surface area contributed by atoms with E-state index in [4.69, 9.17) is 0 Å². The molecule has 0 unspecified atom stereocenters. The van der Waals surface area contributed by atoms with Crippen LogP contribution in [0.25, 0.3) is 0 Å². The van der Waals surface area contributed by atoms with Gasteiger partial charge in [-0.05, 0) is 19.3 Å². The third-order valence-corrected chi connectivity index (χ3v) is 3.20. The molecule has 18 heavy (non-hydrogen) atoms. The van der Waals surface area contributed by atoms with Crippen molar-refractivity contribution in [2.75, 3.05) is 0 Å². The second kappa shape index (κ2) is 11.2. The molecule has 0 aromatic rings. The molecule has 0 aliphatic carbocycles. The first-order valence-electron chi connectivity index (χ1n) is 7.41. The Bertz CT molecular complexity index is 247. The number of carbonyl (C=O) groups is 1. The highest BCUT2D eigenvalue weighted by molar-refractivity contribution is 5.85. The summed E-state index contributed by atoms with van der Waals surface area (Å²) in [5.74, 6) is 0.437. The van der Waals surface area contributed by atoms with E-state index in [9.17, 15) is 4.79 Å². The molecule has 0 saturated carbocycles. The van der Waals surface area contributed by atoms with Crippen LogP contribution in [-0.2, 0) is 4.79 Å². The molecule has 0 aromatic heterocycles. The van der Waals surface area contributed by atoms with Crippen LogP contribution < -0.4 is 5.43 Å². The number of rotatable bonds is 10. The second-order valence-electron chi connectivity index (χ2n) is 5.31. The van der Waals surface area contributed by atoms with Crippen molar-refractivity contribution in [3.05, 3.63) is 0 Å². The van der Waals surface area contributed by atoms with Gasteiger partial charge in [0.1, 0.15) is 0 Å². The lowest BCUT2D eigenvalue weighted by molar-refractivity contribution is -0.121. The Hall–Kier alpha value is -0.860. The summed E-state index contributed by atoms with van der Waals surface area (Å²) in [5.41, 5.74) is 3.60. The third kappa shape index (κ3) is 10.3. The molecule has 0 aliphatic rings. The van der Waals surface area contributed by atoms with Gasteiger partial charge in [-0.2, -0.15) is 5.10 Å². The fraction of sp³-hybridized carbons (Fsp3) is 0.867. The molecule has 1 N–H and O–H groups in total. The van der Waals surface area contributed by atoms with Crippen molar-refractivity contribution in [2.24, 2.45) is 11.0 Å². The van der Waals surface area contributed by atoms with E-state index in [1.54, 1.807) is 0 Å². The molecule has 0 heterocycles. The van der Waals surface area contributed by atoms with E-state index >= 15 is 0 Å². The molecule has 0 aliphatic heterocycles. The molecular weight excluding hydrogens is 224 g/mol. The molecule has 0 saturated heterocycles. The van der Waals surface area contributed by atoms with Crippen molar-refractivity contribution < 1.29 is 4.79 Å². The summed E-state index contributed by atoms with van der Waals surface area (Å²) in [6, 6.07) is 0. The molecule has 3 heteroatoms. The highest BCUT2D eigenvalue weighted by Gasteiger charge is 2.01. The summed E-state index contributed by atoms with van der Waals surface area (Å²) in [6.07, 6.45) is 9.25. The van der Waals surface area contributed by atoms with Crippen molar-refractivity contribution in [3.8, 4) is 0 Å². The number of hydrazone groups is 1. The molecule has 1 amide bonds. The lowest BCUT2D eigenvalue weighted by atomic mass is 10.1. The van der Waals surface area contributed by atoms with E-state index in [0.717, 1.165) is 18.6 Å². The standard InChI is InChI=1S/C15H30N2O/c1-5-6-7-8-9-10-11-12-15(18)17-16-14(4)13(2)3/h13H,5-12H2,1-4H3,(H,17,18). The maximum Gasteiger partial charge on any atom is 0.240 e. The maximum absolute atomic E-state index is 11.5. The number of nitrogens with one attached hydrogen (secondary N) is 1. The first-order valence-corrected chi connectivity index (χ1v) is 7.41. The van der Waals surface area contributed by atoms with Gasteiger partial charge < -0.3 is 0 Å². The zero-order chi connectivity index (χ0) is 13.8. The number of hydrogen-bond acceptors (Lipinski definition) is 2. The Kier molecular flexibility index (Phi) is 10.7. The van der Waals surface area contributed by atoms with Gasteiger partial charge in [-0.25, -0.2) is 5.43 Å². The van der Waals surface area contributed by atoms with Gasteiger partial charge in [0.2, 0.25) is 5.91 Å². The van der Waals surface area contributed by atoms with E-state index < -0.39 is 0 Å². The van der Waals surface area contributed by atoms with Gasteiger partial charge in [-0.3, -0.25) is 4.79 Å². The van der Waals surface area contributed by atoms with Crippen LogP contribution in [0.1, 0.15) is 79.1 Å². The molecule has 106 valence electrons. The summed E-state index contributed by atoms with van der Waals surface area (Å²) in [5, 5.41) is 4.08. The summed E-state index contributed by atoms with van der Waals surface area (Å²) in [4.78, 5) is 11.5. The molecule has 3 nitrogen and oxygen atoms in total. The minimum absolute atomic E-state index is 0.0450. The van der Waals surface area contributed by atoms with Crippen molar-refractivity contribution in [1.82, 2.24) is 5.43 Å². The second-order valence-corrected chi connectivity index (χ2v) is 5.31. The highest BCUT2D eigenvalue weighted by atomic mass is 16.2. The van der Waals surface area contributed by atoms with Gasteiger partial charge in [0, 0.05) is 12.1 Å². The Labute approximate surface area is 112 Å². The molecule has 0 rings (SSSR count). The maximum atomic E-state index is 11.5. The largest absolute Gasteiger partial charge is 0.273 e. The first kappa shape index (κ1) is 17.1. The smallest absolute Gasteiger partial charge is 0.240 e. The number of amides is 1. The summed E-state index contributed by atoms with van der Waals surface area (Å²) >= 11 is 0. The van der Waals surface area contributed by atoms with E-state index in [1.807, 2.05) is 6.92 Å². The fourth-order valence-electron chi connectivity index (χ4n) is 1.58. The van der Waals surface area contributed by atoms with Gasteiger partial charge in [0.05, 0.1) is 0 Å². The molecule has 0 spiro atoms. The Balaban J connectivity index is 3.46. The SMILES string of the molecule is CCCCCCCCCC(=O)NN=C(C)C(C)C. The van der Waals surface area contributed by atoms with Gasteiger partial charge in [0.15, 0.2) is 0 Å². The van der Waals surface area contributed by atoms with Crippen molar-refractivity contribution in [3.63, 3.8) is 0 Å². The van der Waals surface area contributed by atoms with Crippen LogP contribution in [0.2, 0.25) is 0 Å². The summed E-state index contributed by atoms with van der Waals surface area (Å²) in [6.45, 7) is 8.31.